The molecule has 3 N–H and O–H groups in total. The van der Waals surface area contributed by atoms with Gasteiger partial charge in [-0.2, -0.15) is 0 Å². The van der Waals surface area contributed by atoms with E-state index in [0.717, 1.165) is 24.3 Å². The number of amides is 3. The third-order valence-electron chi connectivity index (χ3n) is 7.51. The van der Waals surface area contributed by atoms with Gasteiger partial charge in [-0.05, 0) is 90.4 Å². The lowest BCUT2D eigenvalue weighted by Crippen LogP contribution is -2.49. The van der Waals surface area contributed by atoms with Gasteiger partial charge in [0.25, 0.3) is 5.91 Å². The molecule has 0 radical (unpaired) electrons. The zero-order chi connectivity index (χ0) is 31.9. The maximum atomic E-state index is 14.2. The second kappa shape index (κ2) is 13.9. The summed E-state index contributed by atoms with van der Waals surface area (Å²) in [5.74, 6) is 0.357. The first-order valence-corrected chi connectivity index (χ1v) is 14.7. The molecule has 46 heavy (non-hydrogen) atoms. The Morgan fingerprint density at radius 1 is 1.00 bits per heavy atom. The standard InChI is InChI=1S/C32H31FN10O3/c1-21-5-9-25(19-34-21)36-32(45)43(27-4-2-3-24(33)17-27)26-13-15-42(16-14-26)20-22-6-12-29(35-18-22)46-28-10-7-23(8-11-28)30(44)37-31-38-40-41-39-31/h2-12,17-19,26H,13-16,20H2,1H3,(H,36,45)(H2,37,38,39,40,41,44). The Bertz CT molecular complexity index is 1760. The first-order chi connectivity index (χ1) is 22.4. The van der Waals surface area contributed by atoms with Crippen molar-refractivity contribution in [1.82, 2.24) is 35.5 Å². The lowest BCUT2D eigenvalue weighted by molar-refractivity contribution is 0.102. The molecule has 234 valence electrons. The van der Waals surface area contributed by atoms with Crippen molar-refractivity contribution in [3.63, 3.8) is 0 Å². The van der Waals surface area contributed by atoms with Crippen molar-refractivity contribution in [3.8, 4) is 11.6 Å². The number of urea groups is 1. The van der Waals surface area contributed by atoms with E-state index in [9.17, 15) is 14.0 Å². The highest BCUT2D eigenvalue weighted by Crippen LogP contribution is 2.27. The summed E-state index contributed by atoms with van der Waals surface area (Å²) in [7, 11) is 0. The van der Waals surface area contributed by atoms with Crippen LogP contribution in [0, 0.1) is 12.7 Å². The van der Waals surface area contributed by atoms with E-state index < -0.39 is 5.82 Å². The number of anilines is 3. The van der Waals surface area contributed by atoms with Crippen LogP contribution < -0.4 is 20.3 Å². The van der Waals surface area contributed by atoms with Crippen molar-refractivity contribution in [2.75, 3.05) is 28.6 Å². The molecule has 1 fully saturated rings. The zero-order valence-electron chi connectivity index (χ0n) is 24.9. The van der Waals surface area contributed by atoms with Crippen molar-refractivity contribution < 1.29 is 18.7 Å². The second-order valence-electron chi connectivity index (χ2n) is 10.8. The van der Waals surface area contributed by atoms with E-state index in [-0.39, 0.29) is 23.9 Å². The molecular weight excluding hydrogens is 591 g/mol. The molecule has 3 amide bonds. The number of piperidine rings is 1. The fourth-order valence-electron chi connectivity index (χ4n) is 5.19. The number of hydrogen-bond acceptors (Lipinski definition) is 9. The molecule has 0 spiro atoms. The molecule has 14 heteroatoms. The molecule has 0 aliphatic carbocycles. The first-order valence-electron chi connectivity index (χ1n) is 14.7. The molecule has 4 heterocycles. The Hall–Kier alpha value is -5.76. The zero-order valence-corrected chi connectivity index (χ0v) is 24.9. The molecule has 6 rings (SSSR count). The van der Waals surface area contributed by atoms with Crippen molar-refractivity contribution in [3.05, 3.63) is 108 Å². The van der Waals surface area contributed by atoms with E-state index in [0.29, 0.717) is 48.0 Å². The van der Waals surface area contributed by atoms with E-state index in [1.807, 2.05) is 19.1 Å². The number of tetrazole rings is 1. The summed E-state index contributed by atoms with van der Waals surface area (Å²) < 4.78 is 20.0. The predicted molar refractivity (Wildman–Crippen MR) is 168 cm³/mol. The minimum atomic E-state index is -0.397. The van der Waals surface area contributed by atoms with Crippen molar-refractivity contribution in [2.45, 2.75) is 32.4 Å². The van der Waals surface area contributed by atoms with Crippen LogP contribution in [0.25, 0.3) is 0 Å². The summed E-state index contributed by atoms with van der Waals surface area (Å²) in [5.41, 5.74) is 3.38. The maximum absolute atomic E-state index is 14.2. The Morgan fingerprint density at radius 2 is 1.83 bits per heavy atom. The van der Waals surface area contributed by atoms with Gasteiger partial charge < -0.3 is 10.1 Å². The normalized spacial score (nSPS) is 13.6. The average Bonchev–Trinajstić information content (AvgIpc) is 3.57. The number of carbonyl (C=O) groups is 2. The minimum Gasteiger partial charge on any atom is -0.439 e. The van der Waals surface area contributed by atoms with Crippen LogP contribution in [0.15, 0.2) is 85.2 Å². The highest BCUT2D eigenvalue weighted by atomic mass is 19.1. The summed E-state index contributed by atoms with van der Waals surface area (Å²) in [5, 5.41) is 18.4. The Morgan fingerprint density at radius 3 is 2.50 bits per heavy atom. The summed E-state index contributed by atoms with van der Waals surface area (Å²) >= 11 is 0. The molecule has 0 saturated carbocycles. The van der Waals surface area contributed by atoms with Gasteiger partial charge in [-0.1, -0.05) is 17.2 Å². The smallest absolute Gasteiger partial charge is 0.326 e. The number of hydrogen-bond donors (Lipinski definition) is 3. The largest absolute Gasteiger partial charge is 0.439 e. The van der Waals surface area contributed by atoms with Gasteiger partial charge in [0.2, 0.25) is 11.8 Å². The number of aromatic nitrogens is 6. The van der Waals surface area contributed by atoms with E-state index in [2.05, 4.69) is 46.1 Å². The van der Waals surface area contributed by atoms with Crippen molar-refractivity contribution >= 4 is 29.3 Å². The summed E-state index contributed by atoms with van der Waals surface area (Å²) in [4.78, 5) is 38.4. The Kier molecular flexibility index (Phi) is 9.15. The van der Waals surface area contributed by atoms with Crippen LogP contribution in [-0.4, -0.2) is 66.6 Å². The number of halogens is 1. The fraction of sp³-hybridized carbons (Fsp3) is 0.219. The molecule has 1 aliphatic heterocycles. The minimum absolute atomic E-state index is 0.109. The SMILES string of the molecule is Cc1ccc(NC(=O)N(c2cccc(F)c2)C2CCN(Cc3ccc(Oc4ccc(C(=O)Nc5nnn[nH]5)cc4)nc3)CC2)cn1. The number of carbonyl (C=O) groups excluding carboxylic acids is 2. The number of rotatable bonds is 9. The van der Waals surface area contributed by atoms with Crippen molar-refractivity contribution in [2.24, 2.45) is 0 Å². The molecule has 1 saturated heterocycles. The molecular formula is C32H31FN10O3. The second-order valence-corrected chi connectivity index (χ2v) is 10.8. The van der Waals surface area contributed by atoms with Gasteiger partial charge in [-0.15, -0.1) is 0 Å². The predicted octanol–water partition coefficient (Wildman–Crippen LogP) is 5.18. The van der Waals surface area contributed by atoms with E-state index >= 15 is 0 Å². The van der Waals surface area contributed by atoms with E-state index in [1.54, 1.807) is 65.8 Å². The van der Waals surface area contributed by atoms with Gasteiger partial charge in [0, 0.05) is 54.9 Å². The average molecular weight is 623 g/mol. The lowest BCUT2D eigenvalue weighted by Gasteiger charge is -2.38. The number of benzene rings is 2. The number of aryl methyl sites for hydroxylation is 1. The highest BCUT2D eigenvalue weighted by molar-refractivity contribution is 6.03. The quantitative estimate of drug-likeness (QED) is 0.202. The van der Waals surface area contributed by atoms with E-state index in [1.165, 1.54) is 12.1 Å². The van der Waals surface area contributed by atoms with Gasteiger partial charge >= 0.3 is 6.03 Å². The van der Waals surface area contributed by atoms with Crippen molar-refractivity contribution in [1.29, 1.82) is 0 Å². The third-order valence-corrected chi connectivity index (χ3v) is 7.51. The fourth-order valence-corrected chi connectivity index (χ4v) is 5.19. The monoisotopic (exact) mass is 622 g/mol. The van der Waals surface area contributed by atoms with Crippen LogP contribution in [-0.2, 0) is 6.54 Å². The molecule has 13 nitrogen and oxygen atoms in total. The number of H-pyrrole nitrogens is 1. The number of ether oxygens (including phenoxy) is 1. The van der Waals surface area contributed by atoms with Crippen LogP contribution in [0.5, 0.6) is 11.6 Å². The van der Waals surface area contributed by atoms with Crippen LogP contribution in [0.4, 0.5) is 26.5 Å². The molecule has 2 aromatic carbocycles. The van der Waals surface area contributed by atoms with Gasteiger partial charge in [-0.3, -0.25) is 24.9 Å². The number of nitrogens with one attached hydrogen (secondary N) is 3. The summed E-state index contributed by atoms with van der Waals surface area (Å²) in [6.07, 6.45) is 4.82. The number of pyridine rings is 2. The lowest BCUT2D eigenvalue weighted by atomic mass is 10.0. The van der Waals surface area contributed by atoms with Crippen LogP contribution in [0.3, 0.4) is 0 Å². The number of likely N-dealkylation sites (tertiary alicyclic amines) is 1. The summed E-state index contributed by atoms with van der Waals surface area (Å²) in [6.45, 7) is 4.07. The van der Waals surface area contributed by atoms with Gasteiger partial charge in [0.1, 0.15) is 11.6 Å². The van der Waals surface area contributed by atoms with Gasteiger partial charge in [-0.25, -0.2) is 19.3 Å². The number of aromatic amines is 1. The molecule has 3 aromatic heterocycles. The molecule has 0 unspecified atom stereocenters. The van der Waals surface area contributed by atoms with Crippen LogP contribution in [0.2, 0.25) is 0 Å². The number of nitrogens with zero attached hydrogens (tertiary/aromatic N) is 7. The van der Waals surface area contributed by atoms with Gasteiger partial charge in [0.15, 0.2) is 0 Å². The topological polar surface area (TPSA) is 154 Å². The first kappa shape index (κ1) is 30.3. The van der Waals surface area contributed by atoms with E-state index in [4.69, 9.17) is 4.74 Å². The third kappa shape index (κ3) is 7.65. The molecule has 0 bridgehead atoms. The van der Waals surface area contributed by atoms with Crippen LogP contribution in [0.1, 0.15) is 34.5 Å². The van der Waals surface area contributed by atoms with Gasteiger partial charge in [0.05, 0.1) is 11.9 Å². The Labute approximate surface area is 263 Å². The molecule has 5 aromatic rings. The Balaban J connectivity index is 1.03. The molecule has 1 aliphatic rings. The van der Waals surface area contributed by atoms with Crippen LogP contribution >= 0.6 is 0 Å². The molecule has 0 atom stereocenters. The maximum Gasteiger partial charge on any atom is 0.326 e. The highest BCUT2D eigenvalue weighted by Gasteiger charge is 2.30. The summed E-state index contributed by atoms with van der Waals surface area (Å²) in [6, 6.07) is 19.7.